The molecule has 0 aromatic heterocycles. The molecule has 1 rings (SSSR count). The Morgan fingerprint density at radius 3 is 2.75 bits per heavy atom. The van der Waals surface area contributed by atoms with Crippen LogP contribution in [0.2, 0.25) is 0 Å². The van der Waals surface area contributed by atoms with E-state index in [0.717, 1.165) is 22.9 Å². The molecule has 20 heavy (non-hydrogen) atoms. The highest BCUT2D eigenvalue weighted by atomic mass is 79.9. The minimum atomic E-state index is -0.204. The summed E-state index contributed by atoms with van der Waals surface area (Å²) in [5, 5.41) is 2.93. The lowest BCUT2D eigenvalue weighted by Gasteiger charge is -2.24. The monoisotopic (exact) mass is 342 g/mol. The summed E-state index contributed by atoms with van der Waals surface area (Å²) in [7, 11) is 0. The minimum Gasteiger partial charge on any atom is -0.484 e. The number of rotatable bonds is 7. The molecule has 0 atom stereocenters. The Bertz CT molecular complexity index is 461. The Morgan fingerprint density at radius 2 is 2.15 bits per heavy atom. The van der Waals surface area contributed by atoms with Gasteiger partial charge in [-0.25, -0.2) is 0 Å². The normalized spacial score (nSPS) is 11.2. The molecule has 0 aliphatic heterocycles. The lowest BCUT2D eigenvalue weighted by molar-refractivity contribution is -0.124. The van der Waals surface area contributed by atoms with Crippen molar-refractivity contribution >= 4 is 21.8 Å². The van der Waals surface area contributed by atoms with Crippen molar-refractivity contribution in [2.24, 2.45) is 5.73 Å². The van der Waals surface area contributed by atoms with Gasteiger partial charge in [-0.3, -0.25) is 4.79 Å². The van der Waals surface area contributed by atoms with Crippen LogP contribution >= 0.6 is 15.9 Å². The van der Waals surface area contributed by atoms with Gasteiger partial charge < -0.3 is 15.8 Å². The largest absolute Gasteiger partial charge is 0.484 e. The van der Waals surface area contributed by atoms with Crippen LogP contribution in [0.1, 0.15) is 32.8 Å². The summed E-state index contributed by atoms with van der Waals surface area (Å²) in [4.78, 5) is 11.8. The van der Waals surface area contributed by atoms with Gasteiger partial charge in [-0.15, -0.1) is 0 Å². The zero-order valence-electron chi connectivity index (χ0n) is 12.3. The van der Waals surface area contributed by atoms with Gasteiger partial charge in [0.25, 0.3) is 5.91 Å². The fraction of sp³-hybridized carbons (Fsp3) is 0.533. The standard InChI is InChI=1S/C15H23BrN2O2/c1-4-15(2,3)18-14(19)10-20-12-5-6-13(16)11(9-12)7-8-17/h5-6,9H,4,7-8,10,17H2,1-3H3,(H,18,19). The van der Waals surface area contributed by atoms with E-state index in [9.17, 15) is 4.79 Å². The number of amides is 1. The van der Waals surface area contributed by atoms with Crippen molar-refractivity contribution in [3.8, 4) is 5.75 Å². The number of carbonyl (C=O) groups is 1. The summed E-state index contributed by atoms with van der Waals surface area (Å²) < 4.78 is 6.53. The SMILES string of the molecule is CCC(C)(C)NC(=O)COc1ccc(Br)c(CCN)c1. The molecule has 1 amide bonds. The molecule has 3 N–H and O–H groups in total. The maximum Gasteiger partial charge on any atom is 0.258 e. The molecular weight excluding hydrogens is 320 g/mol. The van der Waals surface area contributed by atoms with Crippen LogP contribution in [0.25, 0.3) is 0 Å². The lowest BCUT2D eigenvalue weighted by Crippen LogP contribution is -2.44. The van der Waals surface area contributed by atoms with Crippen LogP contribution < -0.4 is 15.8 Å². The predicted molar refractivity (Wildman–Crippen MR) is 84.9 cm³/mol. The number of carbonyl (C=O) groups excluding carboxylic acids is 1. The average molecular weight is 343 g/mol. The molecule has 0 fully saturated rings. The van der Waals surface area contributed by atoms with Crippen LogP contribution in [0.15, 0.2) is 22.7 Å². The Hall–Kier alpha value is -1.07. The van der Waals surface area contributed by atoms with E-state index in [-0.39, 0.29) is 18.1 Å². The average Bonchev–Trinajstić information content (AvgIpc) is 2.39. The Balaban J connectivity index is 2.57. The van der Waals surface area contributed by atoms with Crippen molar-refractivity contribution in [1.82, 2.24) is 5.32 Å². The van der Waals surface area contributed by atoms with Crippen molar-refractivity contribution < 1.29 is 9.53 Å². The van der Waals surface area contributed by atoms with E-state index in [0.29, 0.717) is 12.3 Å². The summed E-state index contributed by atoms with van der Waals surface area (Å²) in [6.07, 6.45) is 1.64. The third-order valence-electron chi connectivity index (χ3n) is 3.16. The molecule has 0 aliphatic rings. The van der Waals surface area contributed by atoms with Gasteiger partial charge in [0.2, 0.25) is 0 Å². The highest BCUT2D eigenvalue weighted by Gasteiger charge is 2.17. The minimum absolute atomic E-state index is 0.0210. The summed E-state index contributed by atoms with van der Waals surface area (Å²) in [5.41, 5.74) is 6.44. The zero-order chi connectivity index (χ0) is 15.2. The van der Waals surface area contributed by atoms with E-state index < -0.39 is 0 Å². The van der Waals surface area contributed by atoms with E-state index >= 15 is 0 Å². The highest BCUT2D eigenvalue weighted by molar-refractivity contribution is 9.10. The molecule has 4 nitrogen and oxygen atoms in total. The number of hydrogen-bond acceptors (Lipinski definition) is 3. The summed E-state index contributed by atoms with van der Waals surface area (Å²) in [6, 6.07) is 5.66. The first-order chi connectivity index (χ1) is 9.38. The molecule has 0 bridgehead atoms. The molecule has 5 heteroatoms. The van der Waals surface area contributed by atoms with Crippen LogP contribution in [-0.4, -0.2) is 24.6 Å². The van der Waals surface area contributed by atoms with Gasteiger partial charge in [-0.05, 0) is 57.0 Å². The zero-order valence-corrected chi connectivity index (χ0v) is 13.9. The maximum absolute atomic E-state index is 11.8. The van der Waals surface area contributed by atoms with Gasteiger partial charge in [0.1, 0.15) is 5.75 Å². The van der Waals surface area contributed by atoms with Crippen LogP contribution in [0, 0.1) is 0 Å². The fourth-order valence-corrected chi connectivity index (χ4v) is 2.08. The van der Waals surface area contributed by atoms with E-state index in [2.05, 4.69) is 21.2 Å². The first-order valence-corrected chi connectivity index (χ1v) is 7.59. The van der Waals surface area contributed by atoms with Gasteiger partial charge >= 0.3 is 0 Å². The molecule has 0 spiro atoms. The Kier molecular flexibility index (Phi) is 6.49. The number of nitrogens with two attached hydrogens (primary N) is 1. The summed E-state index contributed by atoms with van der Waals surface area (Å²) in [5.74, 6) is 0.571. The van der Waals surface area contributed by atoms with E-state index in [1.54, 1.807) is 0 Å². The molecule has 112 valence electrons. The Morgan fingerprint density at radius 1 is 1.45 bits per heavy atom. The van der Waals surface area contributed by atoms with Crippen molar-refractivity contribution in [3.63, 3.8) is 0 Å². The molecule has 0 saturated carbocycles. The second-order valence-electron chi connectivity index (χ2n) is 5.37. The lowest BCUT2D eigenvalue weighted by atomic mass is 10.0. The summed E-state index contributed by atoms with van der Waals surface area (Å²) in [6.45, 7) is 6.61. The molecule has 1 aromatic rings. The number of benzene rings is 1. The van der Waals surface area contributed by atoms with E-state index in [1.807, 2.05) is 39.0 Å². The second-order valence-corrected chi connectivity index (χ2v) is 6.22. The van der Waals surface area contributed by atoms with Gasteiger partial charge in [0.15, 0.2) is 6.61 Å². The van der Waals surface area contributed by atoms with E-state index in [1.165, 1.54) is 0 Å². The van der Waals surface area contributed by atoms with Gasteiger partial charge in [-0.2, -0.15) is 0 Å². The molecule has 1 aromatic carbocycles. The van der Waals surface area contributed by atoms with Crippen LogP contribution in [-0.2, 0) is 11.2 Å². The summed E-state index contributed by atoms with van der Waals surface area (Å²) >= 11 is 3.47. The molecule has 0 unspecified atom stereocenters. The molecule has 0 saturated heterocycles. The van der Waals surface area contributed by atoms with Crippen molar-refractivity contribution in [2.75, 3.05) is 13.2 Å². The van der Waals surface area contributed by atoms with Crippen molar-refractivity contribution in [3.05, 3.63) is 28.2 Å². The smallest absolute Gasteiger partial charge is 0.258 e. The maximum atomic E-state index is 11.8. The second kappa shape index (κ2) is 7.64. The van der Waals surface area contributed by atoms with Crippen molar-refractivity contribution in [2.45, 2.75) is 39.2 Å². The van der Waals surface area contributed by atoms with Crippen LogP contribution in [0.4, 0.5) is 0 Å². The highest BCUT2D eigenvalue weighted by Crippen LogP contribution is 2.22. The van der Waals surface area contributed by atoms with Gasteiger partial charge in [0, 0.05) is 10.0 Å². The van der Waals surface area contributed by atoms with Crippen LogP contribution in [0.5, 0.6) is 5.75 Å². The number of hydrogen-bond donors (Lipinski definition) is 2. The first-order valence-electron chi connectivity index (χ1n) is 6.80. The fourth-order valence-electron chi connectivity index (χ4n) is 1.64. The van der Waals surface area contributed by atoms with Crippen molar-refractivity contribution in [1.29, 1.82) is 0 Å². The predicted octanol–water partition coefficient (Wildman–Crippen LogP) is 2.63. The third-order valence-corrected chi connectivity index (χ3v) is 3.94. The van der Waals surface area contributed by atoms with Gasteiger partial charge in [-0.1, -0.05) is 22.9 Å². The molecule has 0 radical (unpaired) electrons. The third kappa shape index (κ3) is 5.51. The van der Waals surface area contributed by atoms with Gasteiger partial charge in [0.05, 0.1) is 0 Å². The quantitative estimate of drug-likeness (QED) is 0.800. The number of nitrogens with one attached hydrogen (secondary N) is 1. The molecular formula is C15H23BrN2O2. The number of ether oxygens (including phenoxy) is 1. The van der Waals surface area contributed by atoms with E-state index in [4.69, 9.17) is 10.5 Å². The Labute approximate surface area is 129 Å². The first kappa shape index (κ1) is 17.0. The molecule has 0 heterocycles. The number of halogens is 1. The topological polar surface area (TPSA) is 64.3 Å². The molecule has 0 aliphatic carbocycles. The van der Waals surface area contributed by atoms with Crippen LogP contribution in [0.3, 0.4) is 0 Å².